The van der Waals surface area contributed by atoms with E-state index in [0.717, 1.165) is 0 Å². The Balaban J connectivity index is 3.31. The van der Waals surface area contributed by atoms with Crippen molar-refractivity contribution >= 4 is 24.5 Å². The number of benzene rings is 1. The van der Waals surface area contributed by atoms with E-state index in [1.165, 1.54) is 18.2 Å². The third-order valence-electron chi connectivity index (χ3n) is 2.21. The van der Waals surface area contributed by atoms with E-state index in [-0.39, 0.29) is 29.8 Å². The molecule has 6 nitrogen and oxygen atoms in total. The third kappa shape index (κ3) is 3.10. The minimum Gasteiger partial charge on any atom is -0.398 e. The van der Waals surface area contributed by atoms with Gasteiger partial charge in [-0.25, -0.2) is 0 Å². The molecule has 0 saturated heterocycles. The van der Waals surface area contributed by atoms with Crippen LogP contribution in [-0.4, -0.2) is 19.1 Å². The molecule has 100 valence electrons. The first kappa shape index (κ1) is 14.7. The second kappa shape index (κ2) is 6.00. The van der Waals surface area contributed by atoms with Crippen molar-refractivity contribution in [3.05, 3.63) is 23.8 Å². The molecule has 1 aromatic rings. The normalized spacial score (nSPS) is 11.4. The van der Waals surface area contributed by atoms with E-state index in [1.807, 2.05) is 0 Å². The number of hydrogen-bond donors (Lipinski definition) is 2. The Bertz CT molecular complexity index is 480. The van der Waals surface area contributed by atoms with Crippen LogP contribution in [0.25, 0.3) is 0 Å². The maximum absolute atomic E-state index is 12.5. The van der Waals surface area contributed by atoms with Crippen molar-refractivity contribution in [3.63, 3.8) is 0 Å². The highest BCUT2D eigenvalue weighted by Gasteiger charge is 2.29. The molecule has 0 fully saturated rings. The van der Waals surface area contributed by atoms with Crippen LogP contribution in [0.4, 0.5) is 5.69 Å². The zero-order chi connectivity index (χ0) is 13.8. The number of rotatable bonds is 6. The molecular formula is C11H17N2O4P. The van der Waals surface area contributed by atoms with E-state index in [2.05, 4.69) is 0 Å². The zero-order valence-electron chi connectivity index (χ0n) is 10.4. The smallest absolute Gasteiger partial charge is 0.363 e. The second-order valence-electron chi connectivity index (χ2n) is 3.47. The average Bonchev–Trinajstić information content (AvgIpc) is 2.29. The lowest BCUT2D eigenvalue weighted by Gasteiger charge is -2.19. The summed E-state index contributed by atoms with van der Waals surface area (Å²) in [6.45, 7) is 3.80. The van der Waals surface area contributed by atoms with E-state index < -0.39 is 13.5 Å². The summed E-state index contributed by atoms with van der Waals surface area (Å²) in [6, 6.07) is 4.27. The first-order chi connectivity index (χ1) is 8.44. The molecule has 1 rings (SSSR count). The van der Waals surface area contributed by atoms with Gasteiger partial charge in [0, 0.05) is 11.3 Å². The van der Waals surface area contributed by atoms with Crippen LogP contribution in [-0.2, 0) is 13.6 Å². The summed E-state index contributed by atoms with van der Waals surface area (Å²) in [6.07, 6.45) is 0. The number of carbonyl (C=O) groups is 1. The summed E-state index contributed by atoms with van der Waals surface area (Å²) >= 11 is 0. The molecule has 0 atom stereocenters. The number of anilines is 1. The van der Waals surface area contributed by atoms with Gasteiger partial charge in [0.25, 0.3) is 0 Å². The summed E-state index contributed by atoms with van der Waals surface area (Å²) in [5, 5.41) is 0.169. The van der Waals surface area contributed by atoms with E-state index in [0.29, 0.717) is 0 Å². The van der Waals surface area contributed by atoms with Crippen LogP contribution in [0.15, 0.2) is 18.2 Å². The molecule has 0 spiro atoms. The fourth-order valence-corrected chi connectivity index (χ4v) is 3.17. The number of primary amides is 1. The van der Waals surface area contributed by atoms with Gasteiger partial charge in [0.15, 0.2) is 0 Å². The van der Waals surface area contributed by atoms with Gasteiger partial charge in [0.05, 0.1) is 18.5 Å². The van der Waals surface area contributed by atoms with Crippen molar-refractivity contribution in [2.24, 2.45) is 5.73 Å². The molecule has 0 aliphatic heterocycles. The number of carbonyl (C=O) groups excluding carboxylic acids is 1. The Hall–Kier alpha value is -1.36. The highest BCUT2D eigenvalue weighted by Crippen LogP contribution is 2.48. The Morgan fingerprint density at radius 1 is 1.28 bits per heavy atom. The van der Waals surface area contributed by atoms with Crippen molar-refractivity contribution in [1.29, 1.82) is 0 Å². The number of nitrogens with two attached hydrogens (primary N) is 2. The molecule has 18 heavy (non-hydrogen) atoms. The molecule has 0 bridgehead atoms. The van der Waals surface area contributed by atoms with Crippen molar-refractivity contribution in [2.45, 2.75) is 13.8 Å². The minimum atomic E-state index is -3.51. The molecule has 0 radical (unpaired) electrons. The molecule has 0 unspecified atom stereocenters. The number of nitrogen functional groups attached to an aromatic ring is 1. The molecule has 0 aromatic heterocycles. The minimum absolute atomic E-state index is 0.169. The van der Waals surface area contributed by atoms with Gasteiger partial charge in [-0.15, -0.1) is 0 Å². The van der Waals surface area contributed by atoms with Crippen LogP contribution in [0.5, 0.6) is 0 Å². The summed E-state index contributed by atoms with van der Waals surface area (Å²) in [4.78, 5) is 11.1. The van der Waals surface area contributed by atoms with Gasteiger partial charge in [-0.3, -0.25) is 9.36 Å². The van der Waals surface area contributed by atoms with Crippen molar-refractivity contribution in [2.75, 3.05) is 18.9 Å². The third-order valence-corrected chi connectivity index (χ3v) is 4.38. The first-order valence-electron chi connectivity index (χ1n) is 5.53. The molecule has 0 saturated carbocycles. The van der Waals surface area contributed by atoms with Gasteiger partial charge >= 0.3 is 7.60 Å². The van der Waals surface area contributed by atoms with E-state index in [9.17, 15) is 9.36 Å². The van der Waals surface area contributed by atoms with E-state index in [1.54, 1.807) is 13.8 Å². The summed E-state index contributed by atoms with van der Waals surface area (Å²) in [7, 11) is -3.51. The summed E-state index contributed by atoms with van der Waals surface area (Å²) < 4.78 is 22.9. The Morgan fingerprint density at radius 3 is 2.28 bits per heavy atom. The van der Waals surface area contributed by atoms with Crippen molar-refractivity contribution in [3.8, 4) is 0 Å². The predicted octanol–water partition coefficient (Wildman–Crippen LogP) is 1.26. The SMILES string of the molecule is CCOP(=O)(OCC)c1cc(C(N)=O)ccc1N. The molecule has 7 heteroatoms. The van der Waals surface area contributed by atoms with Gasteiger partial charge in [-0.2, -0.15) is 0 Å². The maximum Gasteiger partial charge on any atom is 0.363 e. The maximum atomic E-state index is 12.5. The van der Waals surface area contributed by atoms with Crippen LogP contribution < -0.4 is 16.8 Å². The molecular weight excluding hydrogens is 255 g/mol. The zero-order valence-corrected chi connectivity index (χ0v) is 11.3. The molecule has 0 aliphatic carbocycles. The van der Waals surface area contributed by atoms with Gasteiger partial charge in [0.1, 0.15) is 0 Å². The fraction of sp³-hybridized carbons (Fsp3) is 0.364. The van der Waals surface area contributed by atoms with Gasteiger partial charge in [0.2, 0.25) is 5.91 Å². The fourth-order valence-electron chi connectivity index (χ4n) is 1.45. The average molecular weight is 272 g/mol. The largest absolute Gasteiger partial charge is 0.398 e. The highest BCUT2D eigenvalue weighted by molar-refractivity contribution is 7.62. The lowest BCUT2D eigenvalue weighted by molar-refractivity contribution is 0.100. The second-order valence-corrected chi connectivity index (χ2v) is 5.46. The summed E-state index contributed by atoms with van der Waals surface area (Å²) in [5.74, 6) is -0.629. The van der Waals surface area contributed by atoms with Crippen LogP contribution in [0, 0.1) is 0 Å². The topological polar surface area (TPSA) is 105 Å². The molecule has 0 heterocycles. The molecule has 1 amide bonds. The molecule has 4 N–H and O–H groups in total. The monoisotopic (exact) mass is 272 g/mol. The van der Waals surface area contributed by atoms with Crippen LogP contribution in [0.2, 0.25) is 0 Å². The number of amides is 1. The van der Waals surface area contributed by atoms with Gasteiger partial charge in [-0.05, 0) is 32.0 Å². The van der Waals surface area contributed by atoms with Crippen LogP contribution in [0.1, 0.15) is 24.2 Å². The van der Waals surface area contributed by atoms with Crippen molar-refractivity contribution < 1.29 is 18.4 Å². The van der Waals surface area contributed by atoms with Crippen LogP contribution >= 0.6 is 7.60 Å². The lowest BCUT2D eigenvalue weighted by Crippen LogP contribution is -2.19. The summed E-state index contributed by atoms with van der Waals surface area (Å²) in [5.41, 5.74) is 11.4. The molecule has 0 aliphatic rings. The molecule has 1 aromatic carbocycles. The number of hydrogen-bond acceptors (Lipinski definition) is 5. The van der Waals surface area contributed by atoms with Gasteiger partial charge in [-0.1, -0.05) is 0 Å². The first-order valence-corrected chi connectivity index (χ1v) is 7.08. The highest BCUT2D eigenvalue weighted by atomic mass is 31.2. The van der Waals surface area contributed by atoms with Crippen molar-refractivity contribution in [1.82, 2.24) is 0 Å². The Labute approximate surface area is 106 Å². The van der Waals surface area contributed by atoms with Gasteiger partial charge < -0.3 is 20.5 Å². The Kier molecular flexibility index (Phi) is 4.90. The predicted molar refractivity (Wildman–Crippen MR) is 69.9 cm³/mol. The lowest BCUT2D eigenvalue weighted by atomic mass is 10.2. The standard InChI is InChI=1S/C11H17N2O4P/c1-3-16-18(15,17-4-2)10-7-8(11(13)14)5-6-9(10)12/h5-7H,3-4,12H2,1-2H3,(H2,13,14). The Morgan fingerprint density at radius 2 is 1.83 bits per heavy atom. The van der Waals surface area contributed by atoms with E-state index >= 15 is 0 Å². The van der Waals surface area contributed by atoms with E-state index in [4.69, 9.17) is 20.5 Å². The van der Waals surface area contributed by atoms with Crippen LogP contribution in [0.3, 0.4) is 0 Å². The quantitative estimate of drug-likeness (QED) is 0.599.